The Balaban J connectivity index is 3.17. The largest absolute Gasteiger partial charge is 0.380 e. The molecule has 0 fully saturated rings. The van der Waals surface area contributed by atoms with Crippen molar-refractivity contribution in [3.63, 3.8) is 0 Å². The standard InChI is InChI=1S/C13H21N3/c1-6-14-13-12(16-10(4)5)11(9(2)3)7-8-15-13/h6-10,16H,1H2,2-5H3,(H,14,15). The molecule has 16 heavy (non-hydrogen) atoms. The van der Waals surface area contributed by atoms with Crippen LogP contribution in [-0.2, 0) is 0 Å². The van der Waals surface area contributed by atoms with Crippen LogP contribution in [0.25, 0.3) is 0 Å². The first-order chi connectivity index (χ1) is 7.56. The second-order valence-electron chi connectivity index (χ2n) is 4.43. The molecule has 0 unspecified atom stereocenters. The Bertz CT molecular complexity index is 356. The fourth-order valence-corrected chi connectivity index (χ4v) is 1.60. The summed E-state index contributed by atoms with van der Waals surface area (Å²) in [6.45, 7) is 12.3. The lowest BCUT2D eigenvalue weighted by Gasteiger charge is -2.19. The third-order valence-corrected chi connectivity index (χ3v) is 2.28. The van der Waals surface area contributed by atoms with Crippen molar-refractivity contribution < 1.29 is 0 Å². The molecule has 1 heterocycles. The highest BCUT2D eigenvalue weighted by molar-refractivity contribution is 5.70. The first kappa shape index (κ1) is 12.6. The molecular formula is C13H21N3. The van der Waals surface area contributed by atoms with E-state index in [1.807, 2.05) is 6.20 Å². The van der Waals surface area contributed by atoms with E-state index in [4.69, 9.17) is 0 Å². The summed E-state index contributed by atoms with van der Waals surface area (Å²) >= 11 is 0. The van der Waals surface area contributed by atoms with Gasteiger partial charge in [-0.05, 0) is 37.6 Å². The van der Waals surface area contributed by atoms with Gasteiger partial charge in [0.25, 0.3) is 0 Å². The number of nitrogens with zero attached hydrogens (tertiary/aromatic N) is 1. The van der Waals surface area contributed by atoms with E-state index < -0.39 is 0 Å². The molecule has 0 atom stereocenters. The molecule has 0 aromatic carbocycles. The molecule has 1 aromatic heterocycles. The van der Waals surface area contributed by atoms with Crippen LogP contribution in [-0.4, -0.2) is 11.0 Å². The molecule has 0 saturated carbocycles. The molecule has 0 saturated heterocycles. The van der Waals surface area contributed by atoms with Crippen molar-refractivity contribution in [2.75, 3.05) is 10.6 Å². The average molecular weight is 219 g/mol. The molecule has 0 bridgehead atoms. The lowest BCUT2D eigenvalue weighted by atomic mass is 10.0. The summed E-state index contributed by atoms with van der Waals surface area (Å²) in [6.07, 6.45) is 3.48. The van der Waals surface area contributed by atoms with E-state index in [-0.39, 0.29) is 0 Å². The van der Waals surface area contributed by atoms with Gasteiger partial charge in [0.15, 0.2) is 5.82 Å². The van der Waals surface area contributed by atoms with Crippen LogP contribution in [0.1, 0.15) is 39.2 Å². The van der Waals surface area contributed by atoms with E-state index in [0.29, 0.717) is 12.0 Å². The van der Waals surface area contributed by atoms with Crippen molar-refractivity contribution in [2.45, 2.75) is 39.7 Å². The maximum absolute atomic E-state index is 4.32. The minimum Gasteiger partial charge on any atom is -0.380 e. The lowest BCUT2D eigenvalue weighted by molar-refractivity contribution is 0.843. The second-order valence-corrected chi connectivity index (χ2v) is 4.43. The molecular weight excluding hydrogens is 198 g/mol. The third kappa shape index (κ3) is 2.99. The van der Waals surface area contributed by atoms with Gasteiger partial charge in [0, 0.05) is 12.2 Å². The molecule has 0 spiro atoms. The summed E-state index contributed by atoms with van der Waals surface area (Å²) in [5.74, 6) is 1.31. The quantitative estimate of drug-likeness (QED) is 0.794. The summed E-state index contributed by atoms with van der Waals surface area (Å²) in [6, 6.07) is 2.44. The van der Waals surface area contributed by atoms with E-state index in [9.17, 15) is 0 Å². The van der Waals surface area contributed by atoms with Gasteiger partial charge < -0.3 is 10.6 Å². The Morgan fingerprint density at radius 1 is 1.31 bits per heavy atom. The van der Waals surface area contributed by atoms with Crippen LogP contribution < -0.4 is 10.6 Å². The SMILES string of the molecule is C=CNc1nccc(C(C)C)c1NC(C)C. The zero-order chi connectivity index (χ0) is 12.1. The van der Waals surface area contributed by atoms with E-state index in [1.54, 1.807) is 6.20 Å². The minimum atomic E-state index is 0.382. The van der Waals surface area contributed by atoms with Crippen LogP contribution in [0, 0.1) is 0 Å². The molecule has 3 heteroatoms. The monoisotopic (exact) mass is 219 g/mol. The predicted molar refractivity (Wildman–Crippen MR) is 70.9 cm³/mol. The Hall–Kier alpha value is -1.51. The van der Waals surface area contributed by atoms with Crippen molar-refractivity contribution in [3.05, 3.63) is 30.6 Å². The molecule has 0 amide bonds. The maximum atomic E-state index is 4.32. The van der Waals surface area contributed by atoms with Crippen molar-refractivity contribution in [1.82, 2.24) is 4.98 Å². The van der Waals surface area contributed by atoms with Gasteiger partial charge >= 0.3 is 0 Å². The summed E-state index contributed by atoms with van der Waals surface area (Å²) in [4.78, 5) is 4.32. The molecule has 0 radical (unpaired) electrons. The van der Waals surface area contributed by atoms with Crippen LogP contribution >= 0.6 is 0 Å². The summed E-state index contributed by atoms with van der Waals surface area (Å²) < 4.78 is 0. The van der Waals surface area contributed by atoms with Crippen LogP contribution in [0.5, 0.6) is 0 Å². The Labute approximate surface area is 98.0 Å². The predicted octanol–water partition coefficient (Wildman–Crippen LogP) is 3.58. The third-order valence-electron chi connectivity index (χ3n) is 2.28. The number of rotatable bonds is 5. The van der Waals surface area contributed by atoms with Crippen molar-refractivity contribution in [1.29, 1.82) is 0 Å². The molecule has 0 aliphatic rings. The smallest absolute Gasteiger partial charge is 0.153 e. The van der Waals surface area contributed by atoms with Crippen molar-refractivity contribution in [2.24, 2.45) is 0 Å². The number of hydrogen-bond acceptors (Lipinski definition) is 3. The van der Waals surface area contributed by atoms with E-state index in [1.165, 1.54) is 5.56 Å². The zero-order valence-corrected chi connectivity index (χ0v) is 10.5. The summed E-state index contributed by atoms with van der Waals surface area (Å²) in [7, 11) is 0. The normalized spacial score (nSPS) is 10.6. The van der Waals surface area contributed by atoms with Crippen molar-refractivity contribution in [3.8, 4) is 0 Å². The van der Waals surface area contributed by atoms with Crippen LogP contribution in [0.4, 0.5) is 11.5 Å². The molecule has 1 rings (SSSR count). The van der Waals surface area contributed by atoms with Gasteiger partial charge in [-0.1, -0.05) is 20.4 Å². The minimum absolute atomic E-state index is 0.382. The first-order valence-electron chi connectivity index (χ1n) is 5.69. The lowest BCUT2D eigenvalue weighted by Crippen LogP contribution is -2.14. The first-order valence-corrected chi connectivity index (χ1v) is 5.69. The van der Waals surface area contributed by atoms with Gasteiger partial charge in [-0.15, -0.1) is 0 Å². The fourth-order valence-electron chi connectivity index (χ4n) is 1.60. The van der Waals surface area contributed by atoms with Gasteiger partial charge in [-0.2, -0.15) is 0 Å². The summed E-state index contributed by atoms with van der Waals surface area (Å²) in [5.41, 5.74) is 2.35. The van der Waals surface area contributed by atoms with Gasteiger partial charge in [0.05, 0.1) is 5.69 Å². The number of nitrogens with one attached hydrogen (secondary N) is 2. The molecule has 0 aliphatic carbocycles. The van der Waals surface area contributed by atoms with E-state index in [2.05, 4.69) is 56.0 Å². The number of aromatic nitrogens is 1. The Kier molecular flexibility index (Phi) is 4.35. The fraction of sp³-hybridized carbons (Fsp3) is 0.462. The van der Waals surface area contributed by atoms with E-state index in [0.717, 1.165) is 11.5 Å². The molecule has 88 valence electrons. The van der Waals surface area contributed by atoms with Crippen LogP contribution in [0.2, 0.25) is 0 Å². The topological polar surface area (TPSA) is 37.0 Å². The van der Waals surface area contributed by atoms with Gasteiger partial charge in [-0.25, -0.2) is 4.98 Å². The Morgan fingerprint density at radius 3 is 2.50 bits per heavy atom. The summed E-state index contributed by atoms with van der Waals surface area (Å²) in [5, 5.41) is 6.50. The number of anilines is 2. The zero-order valence-electron chi connectivity index (χ0n) is 10.5. The van der Waals surface area contributed by atoms with Crippen LogP contribution in [0.15, 0.2) is 25.0 Å². The van der Waals surface area contributed by atoms with Gasteiger partial charge in [0.2, 0.25) is 0 Å². The average Bonchev–Trinajstić information content (AvgIpc) is 2.19. The maximum Gasteiger partial charge on any atom is 0.153 e. The second kappa shape index (κ2) is 5.54. The highest BCUT2D eigenvalue weighted by Gasteiger charge is 2.12. The number of pyridine rings is 1. The van der Waals surface area contributed by atoms with E-state index >= 15 is 0 Å². The van der Waals surface area contributed by atoms with Gasteiger partial charge in [-0.3, -0.25) is 0 Å². The molecule has 1 aromatic rings. The van der Waals surface area contributed by atoms with Crippen molar-refractivity contribution >= 4 is 11.5 Å². The molecule has 2 N–H and O–H groups in total. The molecule has 3 nitrogen and oxygen atoms in total. The highest BCUT2D eigenvalue weighted by atomic mass is 15.0. The number of hydrogen-bond donors (Lipinski definition) is 2. The van der Waals surface area contributed by atoms with Gasteiger partial charge in [0.1, 0.15) is 0 Å². The van der Waals surface area contributed by atoms with Crippen LogP contribution in [0.3, 0.4) is 0 Å². The highest BCUT2D eigenvalue weighted by Crippen LogP contribution is 2.30. The molecule has 0 aliphatic heterocycles. The Morgan fingerprint density at radius 2 is 2.00 bits per heavy atom.